The van der Waals surface area contributed by atoms with Crippen LogP contribution in [0.2, 0.25) is 5.02 Å². The molecule has 0 aliphatic rings. The Hall–Kier alpha value is -1.33. The quantitative estimate of drug-likeness (QED) is 0.863. The molecule has 1 heterocycles. The van der Waals surface area contributed by atoms with Crippen LogP contribution in [0.25, 0.3) is 0 Å². The van der Waals surface area contributed by atoms with Gasteiger partial charge in [0.25, 0.3) is 0 Å². The number of halogens is 1. The molecule has 0 aliphatic heterocycles. The molecule has 0 fully saturated rings. The SMILES string of the molecule is COC(C)(C)CCOc1ccc(Cl)c(C(=O)O)n1. The van der Waals surface area contributed by atoms with Gasteiger partial charge in [-0.25, -0.2) is 9.78 Å². The Morgan fingerprint density at radius 2 is 2.17 bits per heavy atom. The summed E-state index contributed by atoms with van der Waals surface area (Å²) >= 11 is 5.70. The Morgan fingerprint density at radius 1 is 1.50 bits per heavy atom. The number of carbonyl (C=O) groups is 1. The maximum atomic E-state index is 10.8. The predicted octanol–water partition coefficient (Wildman–Crippen LogP) is 2.63. The van der Waals surface area contributed by atoms with Gasteiger partial charge in [0.05, 0.1) is 17.2 Å². The van der Waals surface area contributed by atoms with Crippen molar-refractivity contribution in [3.63, 3.8) is 0 Å². The van der Waals surface area contributed by atoms with Crippen LogP contribution >= 0.6 is 11.6 Å². The number of methoxy groups -OCH3 is 1. The Kier molecular flexibility index (Phi) is 4.93. The highest BCUT2D eigenvalue weighted by Crippen LogP contribution is 2.19. The number of carboxylic acid groups (broad SMARTS) is 1. The minimum Gasteiger partial charge on any atom is -0.478 e. The maximum absolute atomic E-state index is 10.8. The third-order valence-corrected chi connectivity index (χ3v) is 2.83. The second-order valence-electron chi connectivity index (χ2n) is 4.35. The highest BCUT2D eigenvalue weighted by atomic mass is 35.5. The minimum atomic E-state index is -1.18. The maximum Gasteiger partial charge on any atom is 0.356 e. The lowest BCUT2D eigenvalue weighted by molar-refractivity contribution is 0.00503. The van der Waals surface area contributed by atoms with Crippen molar-refractivity contribution in [3.8, 4) is 5.88 Å². The fourth-order valence-corrected chi connectivity index (χ4v) is 1.34. The summed E-state index contributed by atoms with van der Waals surface area (Å²) in [4.78, 5) is 14.7. The van der Waals surface area contributed by atoms with E-state index in [-0.39, 0.29) is 22.2 Å². The lowest BCUT2D eigenvalue weighted by atomic mass is 10.1. The molecule has 0 spiro atoms. The number of ether oxygens (including phenoxy) is 2. The topological polar surface area (TPSA) is 68.7 Å². The lowest BCUT2D eigenvalue weighted by Crippen LogP contribution is -2.25. The van der Waals surface area contributed by atoms with Crippen LogP contribution in [0.3, 0.4) is 0 Å². The molecular formula is C12H16ClNO4. The van der Waals surface area contributed by atoms with Crippen molar-refractivity contribution in [3.05, 3.63) is 22.8 Å². The van der Waals surface area contributed by atoms with Crippen molar-refractivity contribution < 1.29 is 19.4 Å². The molecule has 6 heteroatoms. The standard InChI is InChI=1S/C12H16ClNO4/c1-12(2,17-3)6-7-18-9-5-4-8(13)10(14-9)11(15)16/h4-5H,6-7H2,1-3H3,(H,15,16). The average molecular weight is 274 g/mol. The summed E-state index contributed by atoms with van der Waals surface area (Å²) < 4.78 is 10.6. The molecule has 18 heavy (non-hydrogen) atoms. The van der Waals surface area contributed by atoms with Gasteiger partial charge in [-0.3, -0.25) is 0 Å². The number of nitrogens with zero attached hydrogens (tertiary/aromatic N) is 1. The van der Waals surface area contributed by atoms with Crippen LogP contribution in [0.1, 0.15) is 30.8 Å². The van der Waals surface area contributed by atoms with E-state index < -0.39 is 5.97 Å². The van der Waals surface area contributed by atoms with Gasteiger partial charge in [-0.15, -0.1) is 0 Å². The van der Waals surface area contributed by atoms with Gasteiger partial charge in [0.2, 0.25) is 5.88 Å². The molecule has 0 aromatic carbocycles. The van der Waals surface area contributed by atoms with Crippen molar-refractivity contribution in [1.29, 1.82) is 0 Å². The van der Waals surface area contributed by atoms with E-state index in [4.69, 9.17) is 26.2 Å². The Balaban J connectivity index is 2.64. The van der Waals surface area contributed by atoms with Crippen molar-refractivity contribution in [1.82, 2.24) is 4.98 Å². The third-order valence-electron chi connectivity index (χ3n) is 2.53. The van der Waals surface area contributed by atoms with E-state index in [2.05, 4.69) is 4.98 Å². The highest BCUT2D eigenvalue weighted by Gasteiger charge is 2.17. The number of carboxylic acids is 1. The van der Waals surface area contributed by atoms with Gasteiger partial charge in [0, 0.05) is 19.6 Å². The van der Waals surface area contributed by atoms with Gasteiger partial charge in [-0.05, 0) is 19.9 Å². The fraction of sp³-hybridized carbons (Fsp3) is 0.500. The molecule has 0 aliphatic carbocycles. The second-order valence-corrected chi connectivity index (χ2v) is 4.75. The first-order chi connectivity index (χ1) is 8.35. The van der Waals surface area contributed by atoms with Crippen molar-refractivity contribution in [2.45, 2.75) is 25.9 Å². The third kappa shape index (κ3) is 4.16. The lowest BCUT2D eigenvalue weighted by Gasteiger charge is -2.22. The first-order valence-corrected chi connectivity index (χ1v) is 5.81. The van der Waals surface area contributed by atoms with E-state index in [1.165, 1.54) is 12.1 Å². The molecule has 0 saturated heterocycles. The fourth-order valence-electron chi connectivity index (χ4n) is 1.16. The molecule has 100 valence electrons. The molecular weight excluding hydrogens is 258 g/mol. The first-order valence-electron chi connectivity index (χ1n) is 5.43. The largest absolute Gasteiger partial charge is 0.478 e. The summed E-state index contributed by atoms with van der Waals surface area (Å²) in [7, 11) is 1.63. The van der Waals surface area contributed by atoms with Crippen molar-refractivity contribution >= 4 is 17.6 Å². The van der Waals surface area contributed by atoms with E-state index in [1.807, 2.05) is 13.8 Å². The number of aromatic nitrogens is 1. The molecule has 0 atom stereocenters. The van der Waals surface area contributed by atoms with Crippen LogP contribution in [0.4, 0.5) is 0 Å². The van der Waals surface area contributed by atoms with Gasteiger partial charge in [0.1, 0.15) is 0 Å². The summed E-state index contributed by atoms with van der Waals surface area (Å²) in [5.74, 6) is -0.939. The molecule has 0 bridgehead atoms. The highest BCUT2D eigenvalue weighted by molar-refractivity contribution is 6.33. The summed E-state index contributed by atoms with van der Waals surface area (Å²) in [5.41, 5.74) is -0.498. The smallest absolute Gasteiger partial charge is 0.356 e. The summed E-state index contributed by atoms with van der Waals surface area (Å²) in [6, 6.07) is 2.99. The number of hydrogen-bond donors (Lipinski definition) is 1. The van der Waals surface area contributed by atoms with Crippen molar-refractivity contribution in [2.75, 3.05) is 13.7 Å². The monoisotopic (exact) mass is 273 g/mol. The average Bonchev–Trinajstić information content (AvgIpc) is 2.31. The van der Waals surface area contributed by atoms with Gasteiger partial charge in [-0.2, -0.15) is 0 Å². The van der Waals surface area contributed by atoms with E-state index >= 15 is 0 Å². The van der Waals surface area contributed by atoms with Crippen LogP contribution in [0.15, 0.2) is 12.1 Å². The molecule has 0 unspecified atom stereocenters. The van der Waals surface area contributed by atoms with Crippen LogP contribution < -0.4 is 4.74 Å². The van der Waals surface area contributed by atoms with Crippen LogP contribution in [-0.2, 0) is 4.74 Å². The van der Waals surface area contributed by atoms with E-state index in [9.17, 15) is 4.79 Å². The zero-order valence-corrected chi connectivity index (χ0v) is 11.3. The van der Waals surface area contributed by atoms with Crippen LogP contribution in [0.5, 0.6) is 5.88 Å². The Labute approximate surface area is 111 Å². The van der Waals surface area contributed by atoms with E-state index in [1.54, 1.807) is 7.11 Å². The van der Waals surface area contributed by atoms with Crippen LogP contribution in [-0.4, -0.2) is 35.4 Å². The van der Waals surface area contributed by atoms with Gasteiger partial charge >= 0.3 is 5.97 Å². The Bertz CT molecular complexity index is 434. The summed E-state index contributed by atoms with van der Waals surface area (Å²) in [6.07, 6.45) is 0.663. The normalized spacial score (nSPS) is 11.3. The predicted molar refractivity (Wildman–Crippen MR) is 67.4 cm³/mol. The van der Waals surface area contributed by atoms with Gasteiger partial charge in [-0.1, -0.05) is 11.6 Å². The summed E-state index contributed by atoms with van der Waals surface area (Å²) in [6.45, 7) is 4.26. The number of pyridine rings is 1. The molecule has 0 saturated carbocycles. The minimum absolute atomic E-state index is 0.0899. The van der Waals surface area contributed by atoms with Crippen LogP contribution in [0, 0.1) is 0 Å². The first kappa shape index (κ1) is 14.7. The zero-order chi connectivity index (χ0) is 13.8. The molecule has 5 nitrogen and oxygen atoms in total. The molecule has 0 radical (unpaired) electrons. The zero-order valence-electron chi connectivity index (χ0n) is 10.6. The number of rotatable bonds is 6. The molecule has 1 rings (SSSR count). The molecule has 1 N–H and O–H groups in total. The van der Waals surface area contributed by atoms with Gasteiger partial charge < -0.3 is 14.6 Å². The second kappa shape index (κ2) is 6.02. The van der Waals surface area contributed by atoms with Crippen molar-refractivity contribution in [2.24, 2.45) is 0 Å². The van der Waals surface area contributed by atoms with E-state index in [0.29, 0.717) is 13.0 Å². The number of aromatic carboxylic acids is 1. The molecule has 1 aromatic heterocycles. The van der Waals surface area contributed by atoms with E-state index in [0.717, 1.165) is 0 Å². The number of hydrogen-bond acceptors (Lipinski definition) is 4. The molecule has 0 amide bonds. The summed E-state index contributed by atoms with van der Waals surface area (Å²) in [5, 5.41) is 8.95. The van der Waals surface area contributed by atoms with Gasteiger partial charge in [0.15, 0.2) is 5.69 Å². The molecule has 1 aromatic rings. The Morgan fingerprint density at radius 3 is 2.72 bits per heavy atom.